The average Bonchev–Trinajstić information content (AvgIpc) is 3.87. The van der Waals surface area contributed by atoms with Gasteiger partial charge in [-0.3, -0.25) is 4.79 Å². The van der Waals surface area contributed by atoms with E-state index in [0.717, 1.165) is 24.3 Å². The Bertz CT molecular complexity index is 2210. The number of carbonyl (C=O) groups excluding carboxylic acids is 1. The molecule has 0 saturated carbocycles. The van der Waals surface area contributed by atoms with Crippen LogP contribution in [0.4, 0.5) is 61.1 Å². The molecule has 0 fully saturated rings. The Hall–Kier alpha value is -6.63. The molecule has 0 bridgehead atoms. The van der Waals surface area contributed by atoms with Crippen LogP contribution in [0.3, 0.4) is 0 Å². The Kier molecular flexibility index (Phi) is 13.4. The zero-order valence-electron chi connectivity index (χ0n) is 30.6. The van der Waals surface area contributed by atoms with Gasteiger partial charge in [-0.25, -0.2) is 0 Å². The Labute approximate surface area is 321 Å². The number of alkyl halides is 6. The van der Waals surface area contributed by atoms with Crippen molar-refractivity contribution in [2.24, 2.45) is 0 Å². The van der Waals surface area contributed by atoms with Crippen molar-refractivity contribution in [3.05, 3.63) is 108 Å². The lowest BCUT2D eigenvalue weighted by atomic mass is 10.1. The molecule has 0 amide bonds. The number of nitrogens with zero attached hydrogens (tertiary/aromatic N) is 6. The van der Waals surface area contributed by atoms with Crippen LogP contribution < -0.4 is 20.4 Å². The molecule has 300 valence electrons. The Morgan fingerprint density at radius 2 is 1.09 bits per heavy atom. The van der Waals surface area contributed by atoms with E-state index in [2.05, 4.69) is 31.0 Å². The number of carbonyl (C=O) groups is 1. The Morgan fingerprint density at radius 1 is 0.667 bits per heavy atom. The van der Waals surface area contributed by atoms with Gasteiger partial charge >= 0.3 is 30.4 Å². The van der Waals surface area contributed by atoms with Crippen molar-refractivity contribution in [3.8, 4) is 22.9 Å². The van der Waals surface area contributed by atoms with Crippen molar-refractivity contribution in [2.75, 3.05) is 60.8 Å². The first-order valence-corrected chi connectivity index (χ1v) is 17.1. The second-order valence-electron chi connectivity index (χ2n) is 12.1. The van der Waals surface area contributed by atoms with Crippen LogP contribution >= 0.6 is 0 Å². The summed E-state index contributed by atoms with van der Waals surface area (Å²) in [6, 6.07) is 23.9. The first kappa shape index (κ1) is 41.5. The lowest BCUT2D eigenvalue weighted by molar-refractivity contribution is -0.141. The number of esters is 1. The third-order valence-corrected chi connectivity index (χ3v) is 7.89. The number of hydrogen-bond donors (Lipinski definition) is 3. The maximum atomic E-state index is 12.7. The second-order valence-corrected chi connectivity index (χ2v) is 12.1. The highest BCUT2D eigenvalue weighted by molar-refractivity contribution is 5.78. The number of para-hydroxylation sites is 2. The van der Waals surface area contributed by atoms with E-state index in [0.29, 0.717) is 40.4 Å². The molecule has 0 spiro atoms. The van der Waals surface area contributed by atoms with E-state index in [1.54, 1.807) is 74.4 Å². The number of aliphatic hydroxyl groups excluding tert-OH is 1. The van der Waals surface area contributed by atoms with E-state index in [1.807, 2.05) is 0 Å². The summed E-state index contributed by atoms with van der Waals surface area (Å²) >= 11 is 0. The van der Waals surface area contributed by atoms with Crippen LogP contribution in [-0.2, 0) is 21.9 Å². The summed E-state index contributed by atoms with van der Waals surface area (Å²) in [5.74, 6) is 0.0182. The quantitative estimate of drug-likeness (QED) is 0.0757. The molecule has 0 aliphatic rings. The van der Waals surface area contributed by atoms with Crippen LogP contribution in [0.1, 0.15) is 18.1 Å². The number of ether oxygens (including phenoxy) is 1. The van der Waals surface area contributed by atoms with Gasteiger partial charge in [0.2, 0.25) is 0 Å². The first-order valence-electron chi connectivity index (χ1n) is 17.1. The van der Waals surface area contributed by atoms with Gasteiger partial charge in [0.15, 0.2) is 0 Å². The van der Waals surface area contributed by atoms with Gasteiger partial charge in [-0.2, -0.15) is 26.3 Å². The van der Waals surface area contributed by atoms with Gasteiger partial charge in [0, 0.05) is 32.0 Å². The maximum Gasteiger partial charge on any atom is 0.416 e. The molecule has 0 aliphatic heterocycles. The molecule has 6 rings (SSSR count). The third-order valence-electron chi connectivity index (χ3n) is 7.89. The fourth-order valence-corrected chi connectivity index (χ4v) is 5.02. The molecule has 19 heteroatoms. The molecular formula is C38H36F6N8O5. The fraction of sp³-hybridized carbons (Fsp3) is 0.237. The third kappa shape index (κ3) is 11.2. The summed E-state index contributed by atoms with van der Waals surface area (Å²) in [7, 11) is 3.32. The smallest absolute Gasteiger partial charge is 0.416 e. The topological polar surface area (TPSA) is 155 Å². The lowest BCUT2D eigenvalue weighted by Crippen LogP contribution is -2.27. The molecule has 2 aromatic heterocycles. The molecule has 0 radical (unpaired) electrons. The van der Waals surface area contributed by atoms with Crippen LogP contribution in [-0.4, -0.2) is 71.9 Å². The predicted octanol–water partition coefficient (Wildman–Crippen LogP) is 8.43. The monoisotopic (exact) mass is 798 g/mol. The zero-order valence-corrected chi connectivity index (χ0v) is 30.6. The van der Waals surface area contributed by atoms with Crippen LogP contribution in [0.15, 0.2) is 106 Å². The number of halogens is 6. The van der Waals surface area contributed by atoms with Gasteiger partial charge < -0.3 is 39.1 Å². The van der Waals surface area contributed by atoms with Gasteiger partial charge in [0.25, 0.3) is 11.8 Å². The molecule has 0 aliphatic carbocycles. The van der Waals surface area contributed by atoms with Gasteiger partial charge in [-0.05, 0) is 79.7 Å². The number of aliphatic hydroxyl groups is 1. The molecular weight excluding hydrogens is 762 g/mol. The van der Waals surface area contributed by atoms with Crippen LogP contribution in [0.5, 0.6) is 0 Å². The minimum absolute atomic E-state index is 0.0546. The normalized spacial score (nSPS) is 11.3. The van der Waals surface area contributed by atoms with Crippen molar-refractivity contribution >= 4 is 40.7 Å². The summed E-state index contributed by atoms with van der Waals surface area (Å²) in [5, 5.41) is 31.0. The fourth-order valence-electron chi connectivity index (χ4n) is 5.02. The SMILES string of the molecule is CCOC(=O)CN(C)c1nnc(-c2ccccc2Nc2ccc(C(F)(F)F)cc2)o1.CN(CCO)c1nnc(-c2ccccc2Nc2ccc(C(F)(F)F)cc2)o1. The van der Waals surface area contributed by atoms with E-state index in [9.17, 15) is 31.1 Å². The summed E-state index contributed by atoms with van der Waals surface area (Å²) in [6.45, 7) is 2.21. The minimum Gasteiger partial charge on any atom is -0.465 e. The average molecular weight is 799 g/mol. The minimum atomic E-state index is -4.40. The highest BCUT2D eigenvalue weighted by Gasteiger charge is 2.31. The highest BCUT2D eigenvalue weighted by atomic mass is 19.4. The van der Waals surface area contributed by atoms with Crippen molar-refractivity contribution in [1.29, 1.82) is 0 Å². The van der Waals surface area contributed by atoms with Crippen molar-refractivity contribution < 1.29 is 49.8 Å². The lowest BCUT2D eigenvalue weighted by Gasteiger charge is -2.13. The number of aromatic nitrogens is 4. The largest absolute Gasteiger partial charge is 0.465 e. The Morgan fingerprint density at radius 3 is 1.49 bits per heavy atom. The standard InChI is InChI=1S/C20H19F3N4O3.C18H17F3N4O2/c1-3-29-17(28)12-27(2)19-26-25-18(30-19)15-6-4-5-7-16(15)24-14-10-8-13(9-11-14)20(21,22)23;1-25(10-11-26)17-24-23-16(27-17)14-4-2-3-5-15(14)22-13-8-6-12(7-9-13)18(19,20)21/h4-11,24H,3,12H2,1-2H3;2-9,22,26H,10-11H2,1H3. The summed E-state index contributed by atoms with van der Waals surface area (Å²) < 4.78 is 92.5. The van der Waals surface area contributed by atoms with Gasteiger partial charge in [0.1, 0.15) is 6.54 Å². The van der Waals surface area contributed by atoms with Gasteiger partial charge in [-0.1, -0.05) is 34.5 Å². The molecule has 13 nitrogen and oxygen atoms in total. The molecule has 0 saturated heterocycles. The number of anilines is 6. The summed E-state index contributed by atoms with van der Waals surface area (Å²) in [6.07, 6.45) is -8.77. The molecule has 2 heterocycles. The molecule has 0 atom stereocenters. The highest BCUT2D eigenvalue weighted by Crippen LogP contribution is 2.35. The van der Waals surface area contributed by atoms with E-state index in [-0.39, 0.29) is 43.6 Å². The molecule has 0 unspecified atom stereocenters. The van der Waals surface area contributed by atoms with E-state index in [1.165, 1.54) is 29.2 Å². The van der Waals surface area contributed by atoms with E-state index >= 15 is 0 Å². The van der Waals surface area contributed by atoms with Gasteiger partial charge in [-0.15, -0.1) is 10.2 Å². The number of nitrogens with one attached hydrogen (secondary N) is 2. The van der Waals surface area contributed by atoms with E-state index < -0.39 is 29.4 Å². The number of likely N-dealkylation sites (N-methyl/N-ethyl adjacent to an activating group) is 2. The van der Waals surface area contributed by atoms with Crippen molar-refractivity contribution in [2.45, 2.75) is 19.3 Å². The van der Waals surface area contributed by atoms with Crippen molar-refractivity contribution in [3.63, 3.8) is 0 Å². The van der Waals surface area contributed by atoms with Crippen LogP contribution in [0, 0.1) is 0 Å². The van der Waals surface area contributed by atoms with Crippen LogP contribution in [0.2, 0.25) is 0 Å². The zero-order chi connectivity index (χ0) is 41.2. The van der Waals surface area contributed by atoms with E-state index in [4.69, 9.17) is 18.7 Å². The molecule has 57 heavy (non-hydrogen) atoms. The predicted molar refractivity (Wildman–Crippen MR) is 199 cm³/mol. The number of benzene rings is 4. The van der Waals surface area contributed by atoms with Crippen molar-refractivity contribution in [1.82, 2.24) is 20.4 Å². The molecule has 3 N–H and O–H groups in total. The van der Waals surface area contributed by atoms with Gasteiger partial charge in [0.05, 0.1) is 46.8 Å². The molecule has 6 aromatic rings. The van der Waals surface area contributed by atoms with Crippen LogP contribution in [0.25, 0.3) is 22.9 Å². The summed E-state index contributed by atoms with van der Waals surface area (Å²) in [4.78, 5) is 14.7. The molecule has 4 aromatic carbocycles. The number of rotatable bonds is 13. The first-order chi connectivity index (χ1) is 27.2. The number of hydrogen-bond acceptors (Lipinski definition) is 13. The Balaban J connectivity index is 0.000000219. The second kappa shape index (κ2) is 18.3. The maximum absolute atomic E-state index is 12.7. The summed E-state index contributed by atoms with van der Waals surface area (Å²) in [5.41, 5.74) is 1.86.